The smallest absolute Gasteiger partial charge is 0.260 e. The Kier molecular flexibility index (Phi) is 4.80. The zero-order valence-corrected chi connectivity index (χ0v) is 16.1. The van der Waals surface area contributed by atoms with Crippen LogP contribution in [-0.4, -0.2) is 25.1 Å². The van der Waals surface area contributed by atoms with Crippen molar-refractivity contribution in [3.05, 3.63) is 56.7 Å². The third kappa shape index (κ3) is 3.27. The molecule has 132 valence electrons. The maximum Gasteiger partial charge on any atom is 0.260 e. The largest absolute Gasteiger partial charge is 0.309 e. The van der Waals surface area contributed by atoms with E-state index in [0.29, 0.717) is 32.0 Å². The summed E-state index contributed by atoms with van der Waals surface area (Å²) in [4.78, 5) is 25.1. The summed E-state index contributed by atoms with van der Waals surface area (Å²) in [6, 6.07) is 7.49. The molecule has 0 atom stereocenters. The summed E-state index contributed by atoms with van der Waals surface area (Å²) in [7, 11) is 0. The first kappa shape index (κ1) is 17.3. The van der Waals surface area contributed by atoms with Crippen LogP contribution in [0.15, 0.2) is 39.6 Å². The Labute approximate surface area is 162 Å². The maximum atomic E-state index is 12.6. The Morgan fingerprint density at radius 1 is 1.19 bits per heavy atom. The van der Waals surface area contributed by atoms with E-state index >= 15 is 0 Å². The molecule has 0 saturated heterocycles. The number of H-pyrrole nitrogens is 2. The third-order valence-corrected chi connectivity index (χ3v) is 5.90. The molecule has 26 heavy (non-hydrogen) atoms. The predicted molar refractivity (Wildman–Crippen MR) is 106 cm³/mol. The monoisotopic (exact) mass is 403 g/mol. The van der Waals surface area contributed by atoms with Crippen molar-refractivity contribution >= 4 is 44.9 Å². The van der Waals surface area contributed by atoms with Crippen molar-refractivity contribution in [2.24, 2.45) is 0 Å². The number of hydrogen-bond donors (Lipinski definition) is 2. The van der Waals surface area contributed by atoms with Gasteiger partial charge in [0.25, 0.3) is 5.56 Å². The number of aromatic amines is 2. The van der Waals surface area contributed by atoms with E-state index in [1.807, 2.05) is 36.6 Å². The summed E-state index contributed by atoms with van der Waals surface area (Å²) >= 11 is 9.15. The number of aryl methyl sites for hydroxylation is 1. The minimum atomic E-state index is -0.161. The summed E-state index contributed by atoms with van der Waals surface area (Å²) in [6.45, 7) is 2.01. The number of aromatic nitrogens is 5. The lowest BCUT2D eigenvalue weighted by molar-refractivity contribution is 0.940. The van der Waals surface area contributed by atoms with Crippen LogP contribution in [0.1, 0.15) is 18.6 Å². The van der Waals surface area contributed by atoms with Gasteiger partial charge in [0, 0.05) is 28.0 Å². The fraction of sp³-hybridized carbons (Fsp3) is 0.176. The summed E-state index contributed by atoms with van der Waals surface area (Å²) in [5.74, 6) is 1.93. The summed E-state index contributed by atoms with van der Waals surface area (Å²) in [6.07, 6.45) is 0.800. The molecule has 0 fully saturated rings. The highest BCUT2D eigenvalue weighted by atomic mass is 35.5. The molecule has 0 bridgehead atoms. The van der Waals surface area contributed by atoms with Gasteiger partial charge in [-0.2, -0.15) is 0 Å². The van der Waals surface area contributed by atoms with E-state index in [1.165, 1.54) is 23.1 Å². The second-order valence-corrected chi connectivity index (χ2v) is 7.74. The normalized spacial score (nSPS) is 11.3. The van der Waals surface area contributed by atoms with Crippen LogP contribution in [0.4, 0.5) is 0 Å². The lowest BCUT2D eigenvalue weighted by atomic mass is 10.1. The summed E-state index contributed by atoms with van der Waals surface area (Å²) in [5, 5.41) is 10.8. The number of nitrogens with one attached hydrogen (secondary N) is 2. The minimum absolute atomic E-state index is 0.161. The molecule has 9 heteroatoms. The molecule has 2 N–H and O–H groups in total. The van der Waals surface area contributed by atoms with E-state index in [2.05, 4.69) is 25.1 Å². The first-order valence-corrected chi connectivity index (χ1v) is 10.2. The van der Waals surface area contributed by atoms with Gasteiger partial charge in [-0.1, -0.05) is 48.5 Å². The standard InChI is InChI=1S/C17H14ClN5OS2/c1-2-12-21-17(23-22-12)26-8-13-19-15(24)14-10(7-25-16(14)20-13)9-5-3-4-6-11(9)18/h3-7H,2,8H2,1H3,(H,19,20,24)(H,21,22,23). The van der Waals surface area contributed by atoms with Gasteiger partial charge in [0.2, 0.25) is 5.16 Å². The van der Waals surface area contributed by atoms with Crippen molar-refractivity contribution in [3.8, 4) is 11.1 Å². The van der Waals surface area contributed by atoms with Gasteiger partial charge in [-0.05, 0) is 6.07 Å². The first-order valence-electron chi connectivity index (χ1n) is 7.95. The van der Waals surface area contributed by atoms with Gasteiger partial charge in [0.1, 0.15) is 16.5 Å². The van der Waals surface area contributed by atoms with E-state index < -0.39 is 0 Å². The molecule has 0 aliphatic rings. The number of thiophene rings is 1. The average Bonchev–Trinajstić information content (AvgIpc) is 3.27. The molecule has 0 aliphatic carbocycles. The zero-order valence-electron chi connectivity index (χ0n) is 13.7. The molecule has 0 amide bonds. The number of benzene rings is 1. The van der Waals surface area contributed by atoms with Gasteiger partial charge in [0.15, 0.2) is 0 Å². The first-order chi connectivity index (χ1) is 12.7. The van der Waals surface area contributed by atoms with Crippen molar-refractivity contribution in [1.82, 2.24) is 25.1 Å². The van der Waals surface area contributed by atoms with E-state index in [9.17, 15) is 4.79 Å². The van der Waals surface area contributed by atoms with Crippen molar-refractivity contribution < 1.29 is 0 Å². The van der Waals surface area contributed by atoms with Crippen LogP contribution >= 0.6 is 34.7 Å². The molecule has 4 rings (SSSR count). The Bertz CT molecular complexity index is 1130. The second-order valence-electron chi connectivity index (χ2n) is 5.53. The van der Waals surface area contributed by atoms with Gasteiger partial charge in [0.05, 0.1) is 11.1 Å². The molecule has 0 spiro atoms. The fourth-order valence-corrected chi connectivity index (χ4v) is 4.46. The average molecular weight is 404 g/mol. The van der Waals surface area contributed by atoms with Crippen molar-refractivity contribution in [3.63, 3.8) is 0 Å². The highest BCUT2D eigenvalue weighted by molar-refractivity contribution is 7.98. The van der Waals surface area contributed by atoms with Gasteiger partial charge in [-0.3, -0.25) is 9.89 Å². The van der Waals surface area contributed by atoms with Gasteiger partial charge < -0.3 is 4.98 Å². The molecule has 4 aromatic rings. The summed E-state index contributed by atoms with van der Waals surface area (Å²) in [5.41, 5.74) is 1.48. The number of fused-ring (bicyclic) bond motifs is 1. The quantitative estimate of drug-likeness (QED) is 0.485. The van der Waals surface area contributed by atoms with E-state index in [-0.39, 0.29) is 5.56 Å². The van der Waals surface area contributed by atoms with Crippen LogP contribution in [0.25, 0.3) is 21.3 Å². The lowest BCUT2D eigenvalue weighted by Crippen LogP contribution is -2.10. The minimum Gasteiger partial charge on any atom is -0.309 e. The van der Waals surface area contributed by atoms with E-state index in [0.717, 1.165) is 23.4 Å². The highest BCUT2D eigenvalue weighted by Gasteiger charge is 2.15. The molecule has 3 aromatic heterocycles. The molecule has 0 aliphatic heterocycles. The number of halogens is 1. The number of rotatable bonds is 5. The molecule has 0 radical (unpaired) electrons. The van der Waals surface area contributed by atoms with Crippen LogP contribution in [0.2, 0.25) is 5.02 Å². The van der Waals surface area contributed by atoms with E-state index in [4.69, 9.17) is 11.6 Å². The maximum absolute atomic E-state index is 12.6. The molecule has 1 aromatic carbocycles. The van der Waals surface area contributed by atoms with Crippen LogP contribution in [0, 0.1) is 0 Å². The second kappa shape index (κ2) is 7.22. The molecule has 0 saturated carbocycles. The van der Waals surface area contributed by atoms with E-state index in [1.54, 1.807) is 0 Å². The Hall–Kier alpha value is -2.16. The topological polar surface area (TPSA) is 87.3 Å². The van der Waals surface area contributed by atoms with Crippen LogP contribution in [0.3, 0.4) is 0 Å². The van der Waals surface area contributed by atoms with Crippen molar-refractivity contribution in [1.29, 1.82) is 0 Å². The Morgan fingerprint density at radius 3 is 2.81 bits per heavy atom. The summed E-state index contributed by atoms with van der Waals surface area (Å²) < 4.78 is 0. The molecule has 3 heterocycles. The fourth-order valence-electron chi connectivity index (χ4n) is 2.57. The third-order valence-electron chi connectivity index (χ3n) is 3.84. The Morgan fingerprint density at radius 2 is 2.04 bits per heavy atom. The SMILES string of the molecule is CCc1nc(SCc2nc3scc(-c4ccccc4Cl)c3c(=O)[nH]2)n[nH]1. The molecular formula is C17H14ClN5OS2. The van der Waals surface area contributed by atoms with Crippen LogP contribution in [0.5, 0.6) is 0 Å². The van der Waals surface area contributed by atoms with Gasteiger partial charge in [-0.25, -0.2) is 9.97 Å². The molecule has 0 unspecified atom stereocenters. The number of nitrogens with zero attached hydrogens (tertiary/aromatic N) is 3. The lowest BCUT2D eigenvalue weighted by Gasteiger charge is -2.03. The Balaban J connectivity index is 1.65. The van der Waals surface area contributed by atoms with Crippen LogP contribution in [-0.2, 0) is 12.2 Å². The van der Waals surface area contributed by atoms with Crippen molar-refractivity contribution in [2.45, 2.75) is 24.3 Å². The highest BCUT2D eigenvalue weighted by Crippen LogP contribution is 2.35. The van der Waals surface area contributed by atoms with Gasteiger partial charge in [-0.15, -0.1) is 16.4 Å². The molecular weight excluding hydrogens is 390 g/mol. The zero-order chi connectivity index (χ0) is 18.1. The number of thioether (sulfide) groups is 1. The molecule has 6 nitrogen and oxygen atoms in total. The van der Waals surface area contributed by atoms with Crippen LogP contribution < -0.4 is 5.56 Å². The predicted octanol–water partition coefficient (Wildman–Crippen LogP) is 4.28. The van der Waals surface area contributed by atoms with Gasteiger partial charge >= 0.3 is 0 Å². The van der Waals surface area contributed by atoms with Crippen molar-refractivity contribution in [2.75, 3.05) is 0 Å². The number of hydrogen-bond acceptors (Lipinski definition) is 6.